The summed E-state index contributed by atoms with van der Waals surface area (Å²) in [4.78, 5) is 15.1. The quantitative estimate of drug-likeness (QED) is 0.472. The topological polar surface area (TPSA) is 75.7 Å². The zero-order chi connectivity index (χ0) is 19.0. The maximum Gasteiger partial charge on any atom is 0.257 e. The number of anilines is 1. The summed E-state index contributed by atoms with van der Waals surface area (Å²) >= 11 is 18.1. The molecule has 27 heavy (non-hydrogen) atoms. The van der Waals surface area contributed by atoms with E-state index in [9.17, 15) is 4.79 Å². The average Bonchev–Trinajstić information content (AvgIpc) is 2.62. The molecule has 138 valence electrons. The van der Waals surface area contributed by atoms with E-state index in [-0.39, 0.29) is 5.56 Å². The van der Waals surface area contributed by atoms with E-state index in [2.05, 4.69) is 15.5 Å². The second-order valence-corrected chi connectivity index (χ2v) is 7.00. The smallest absolute Gasteiger partial charge is 0.257 e. The number of hydrazone groups is 1. The second-order valence-electron chi connectivity index (χ2n) is 5.75. The van der Waals surface area contributed by atoms with E-state index < -0.39 is 0 Å². The molecular formula is C18H12Cl3N3O3. The summed E-state index contributed by atoms with van der Waals surface area (Å²) in [6.45, 7) is 0.970. The molecule has 2 N–H and O–H groups in total. The number of rotatable bonds is 3. The molecule has 0 bridgehead atoms. The number of nitrogens with one attached hydrogen (secondary N) is 2. The van der Waals surface area contributed by atoms with E-state index in [1.54, 1.807) is 24.3 Å². The average molecular weight is 425 g/mol. The van der Waals surface area contributed by atoms with Gasteiger partial charge in [-0.2, -0.15) is 5.10 Å². The van der Waals surface area contributed by atoms with Crippen LogP contribution in [0.5, 0.6) is 11.5 Å². The van der Waals surface area contributed by atoms with Crippen LogP contribution in [0, 0.1) is 0 Å². The predicted octanol–water partition coefficient (Wildman–Crippen LogP) is 4.71. The van der Waals surface area contributed by atoms with Crippen molar-refractivity contribution in [1.29, 1.82) is 0 Å². The van der Waals surface area contributed by atoms with Gasteiger partial charge in [-0.15, -0.1) is 0 Å². The highest BCUT2D eigenvalue weighted by atomic mass is 35.5. The number of ether oxygens (including phenoxy) is 2. The first kappa shape index (κ1) is 18.0. The first-order chi connectivity index (χ1) is 13.0. The van der Waals surface area contributed by atoms with Crippen LogP contribution in [0.25, 0.3) is 10.9 Å². The van der Waals surface area contributed by atoms with Crippen molar-refractivity contribution in [3.63, 3.8) is 0 Å². The van der Waals surface area contributed by atoms with Crippen molar-refractivity contribution in [3.8, 4) is 11.5 Å². The summed E-state index contributed by atoms with van der Waals surface area (Å²) in [5.41, 5.74) is 3.84. The molecule has 1 aromatic heterocycles. The molecule has 0 amide bonds. The van der Waals surface area contributed by atoms with Crippen molar-refractivity contribution in [3.05, 3.63) is 61.3 Å². The molecule has 4 rings (SSSR count). The Morgan fingerprint density at radius 2 is 1.67 bits per heavy atom. The Morgan fingerprint density at radius 1 is 1.00 bits per heavy atom. The number of hydrogen-bond acceptors (Lipinski definition) is 5. The number of benzene rings is 2. The summed E-state index contributed by atoms with van der Waals surface area (Å²) in [6, 6.07) is 8.36. The van der Waals surface area contributed by atoms with Crippen LogP contribution in [0.2, 0.25) is 15.1 Å². The fourth-order valence-corrected chi connectivity index (χ4v) is 3.57. The molecule has 0 aliphatic carbocycles. The summed E-state index contributed by atoms with van der Waals surface area (Å²) < 4.78 is 11.1. The molecular weight excluding hydrogens is 413 g/mol. The Morgan fingerprint density at radius 3 is 2.37 bits per heavy atom. The first-order valence-electron chi connectivity index (χ1n) is 7.91. The Labute approximate surface area is 168 Å². The van der Waals surface area contributed by atoms with Gasteiger partial charge in [0.2, 0.25) is 0 Å². The van der Waals surface area contributed by atoms with Gasteiger partial charge in [0.1, 0.15) is 13.2 Å². The number of aromatic nitrogens is 1. The van der Waals surface area contributed by atoms with Crippen molar-refractivity contribution in [2.75, 3.05) is 18.6 Å². The van der Waals surface area contributed by atoms with E-state index in [4.69, 9.17) is 44.3 Å². The van der Waals surface area contributed by atoms with Crippen molar-refractivity contribution in [2.45, 2.75) is 0 Å². The maximum absolute atomic E-state index is 12.3. The van der Waals surface area contributed by atoms with Crippen molar-refractivity contribution < 1.29 is 9.47 Å². The van der Waals surface area contributed by atoms with Crippen LogP contribution in [0.3, 0.4) is 0 Å². The number of fused-ring (bicyclic) bond motifs is 2. The first-order valence-corrected chi connectivity index (χ1v) is 9.05. The third kappa shape index (κ3) is 3.69. The normalized spacial score (nSPS) is 13.3. The Kier molecular flexibility index (Phi) is 4.86. The number of hydrogen-bond donors (Lipinski definition) is 2. The molecule has 6 nitrogen and oxygen atoms in total. The van der Waals surface area contributed by atoms with Crippen LogP contribution in [-0.2, 0) is 0 Å². The van der Waals surface area contributed by atoms with E-state index in [1.165, 1.54) is 6.21 Å². The van der Waals surface area contributed by atoms with Crippen molar-refractivity contribution >= 4 is 57.6 Å². The fraction of sp³-hybridized carbons (Fsp3) is 0.111. The second kappa shape index (κ2) is 7.31. The Bertz CT molecular complexity index is 1110. The molecule has 9 heteroatoms. The SMILES string of the molecule is O=c1[nH]c2cc3c(cc2cc1C=NNc1c(Cl)cc(Cl)cc1Cl)OCCO3. The standard InChI is InChI=1S/C18H12Cl3N3O3/c19-11-5-12(20)17(13(21)6-11)24-22-8-10-3-9-4-15-16(27-2-1-26-15)7-14(9)23-18(10)25/h3-8,24H,1-2H2,(H,23,25). The largest absolute Gasteiger partial charge is 0.486 e. The fourth-order valence-electron chi connectivity index (χ4n) is 2.67. The summed E-state index contributed by atoms with van der Waals surface area (Å²) in [5, 5.41) is 5.91. The molecule has 0 fully saturated rings. The molecule has 1 aliphatic heterocycles. The summed E-state index contributed by atoms with van der Waals surface area (Å²) in [5.74, 6) is 1.25. The van der Waals surface area contributed by atoms with Gasteiger partial charge in [0.05, 0.1) is 33.0 Å². The van der Waals surface area contributed by atoms with E-state index in [0.717, 1.165) is 5.39 Å². The molecule has 0 spiro atoms. The summed E-state index contributed by atoms with van der Waals surface area (Å²) in [7, 11) is 0. The van der Waals surface area contributed by atoms with Crippen LogP contribution >= 0.6 is 34.8 Å². The minimum Gasteiger partial charge on any atom is -0.486 e. The van der Waals surface area contributed by atoms with Crippen LogP contribution in [0.1, 0.15) is 5.56 Å². The lowest BCUT2D eigenvalue weighted by molar-refractivity contribution is 0.172. The van der Waals surface area contributed by atoms with Crippen LogP contribution in [0.15, 0.2) is 40.2 Å². The molecule has 1 aliphatic rings. The maximum atomic E-state index is 12.3. The summed E-state index contributed by atoms with van der Waals surface area (Å²) in [6.07, 6.45) is 1.39. The minimum atomic E-state index is -0.293. The minimum absolute atomic E-state index is 0.293. The monoisotopic (exact) mass is 423 g/mol. The molecule has 3 aromatic rings. The van der Waals surface area contributed by atoms with E-state index >= 15 is 0 Å². The third-order valence-corrected chi connectivity index (χ3v) is 4.74. The van der Waals surface area contributed by atoms with Crippen LogP contribution in [0.4, 0.5) is 5.69 Å². The van der Waals surface area contributed by atoms with Crippen molar-refractivity contribution in [2.24, 2.45) is 5.10 Å². The molecule has 0 saturated heterocycles. The molecule has 0 atom stereocenters. The van der Waals surface area contributed by atoms with Gasteiger partial charge >= 0.3 is 0 Å². The molecule has 0 unspecified atom stereocenters. The lowest BCUT2D eigenvalue weighted by atomic mass is 10.1. The van der Waals surface area contributed by atoms with Gasteiger partial charge in [0.15, 0.2) is 11.5 Å². The highest BCUT2D eigenvalue weighted by Gasteiger charge is 2.14. The van der Waals surface area contributed by atoms with Crippen LogP contribution in [-0.4, -0.2) is 24.4 Å². The highest BCUT2D eigenvalue weighted by Crippen LogP contribution is 2.34. The van der Waals surface area contributed by atoms with Gasteiger partial charge in [-0.1, -0.05) is 34.8 Å². The number of pyridine rings is 1. The van der Waals surface area contributed by atoms with Gasteiger partial charge in [-0.25, -0.2) is 0 Å². The zero-order valence-electron chi connectivity index (χ0n) is 13.7. The van der Waals surface area contributed by atoms with Gasteiger partial charge in [0, 0.05) is 16.5 Å². The van der Waals surface area contributed by atoms with Gasteiger partial charge in [0.25, 0.3) is 5.56 Å². The Hall–Kier alpha value is -2.41. The number of nitrogens with zero attached hydrogens (tertiary/aromatic N) is 1. The molecule has 0 radical (unpaired) electrons. The molecule has 2 aromatic carbocycles. The highest BCUT2D eigenvalue weighted by molar-refractivity contribution is 6.41. The molecule has 2 heterocycles. The number of aromatic amines is 1. The van der Waals surface area contributed by atoms with E-state index in [1.807, 2.05) is 6.07 Å². The van der Waals surface area contributed by atoms with Gasteiger partial charge < -0.3 is 14.5 Å². The lowest BCUT2D eigenvalue weighted by Crippen LogP contribution is -2.16. The van der Waals surface area contributed by atoms with Crippen LogP contribution < -0.4 is 20.5 Å². The number of H-pyrrole nitrogens is 1. The van der Waals surface area contributed by atoms with Crippen molar-refractivity contribution in [1.82, 2.24) is 4.98 Å². The lowest BCUT2D eigenvalue weighted by Gasteiger charge is -2.18. The van der Waals surface area contributed by atoms with Gasteiger partial charge in [-0.05, 0) is 24.3 Å². The van der Waals surface area contributed by atoms with E-state index in [0.29, 0.717) is 56.5 Å². The predicted molar refractivity (Wildman–Crippen MR) is 108 cm³/mol. The molecule has 0 saturated carbocycles. The zero-order valence-corrected chi connectivity index (χ0v) is 16.0. The third-order valence-electron chi connectivity index (χ3n) is 3.92. The van der Waals surface area contributed by atoms with Gasteiger partial charge in [-0.3, -0.25) is 10.2 Å². The number of halogens is 3. The Balaban J connectivity index is 1.65.